The number of amides is 3. The van der Waals surface area contributed by atoms with Crippen LogP contribution in [0.3, 0.4) is 0 Å². The second-order valence-corrected chi connectivity index (χ2v) is 17.9. The molecular weight excluding hydrogens is 913 g/mol. The van der Waals surface area contributed by atoms with Crippen molar-refractivity contribution < 1.29 is 54.9 Å². The van der Waals surface area contributed by atoms with Gasteiger partial charge < -0.3 is 28.9 Å². The Morgan fingerprint density at radius 3 is 2.21 bits per heavy atom. The number of likely N-dealkylation sites (N-methyl/N-ethyl adjacent to an activating group) is 1. The van der Waals surface area contributed by atoms with Crippen LogP contribution < -0.4 is 5.32 Å². The SMILES string of the molecule is CN(CCCCOC(=O)Nc1ccccc1)C(=O)CO[C@H]1Cc2ccccc2C12CCN(CC[C@@]1(c3ccc(Cl)c(Cl)c3)CN(C(=O)c3cc(C(F)(F)F)cc(C(F)(F)F)c3)CCO1)CC2. The highest BCUT2D eigenvalue weighted by Crippen LogP contribution is 2.48. The number of carbonyl (C=O) groups is 3. The molecular formula is C48H50Cl2F6N4O6. The molecule has 2 heterocycles. The van der Waals surface area contributed by atoms with E-state index in [-0.39, 0.29) is 66.4 Å². The Bertz CT molecular complexity index is 2330. The Hall–Kier alpha value is -4.87. The number of para-hydroxylation sites is 1. The minimum absolute atomic E-state index is 0.00471. The molecule has 1 aliphatic carbocycles. The van der Waals surface area contributed by atoms with E-state index in [0.717, 1.165) is 5.56 Å². The quantitative estimate of drug-likeness (QED) is 0.0993. The molecule has 10 nitrogen and oxygen atoms in total. The number of halogens is 8. The van der Waals surface area contributed by atoms with E-state index in [4.69, 9.17) is 37.4 Å². The fourth-order valence-electron chi connectivity index (χ4n) is 9.24. The summed E-state index contributed by atoms with van der Waals surface area (Å²) < 4.78 is 101. The predicted octanol–water partition coefficient (Wildman–Crippen LogP) is 10.3. The van der Waals surface area contributed by atoms with Crippen molar-refractivity contribution in [3.05, 3.63) is 134 Å². The van der Waals surface area contributed by atoms with Crippen LogP contribution in [-0.4, -0.2) is 105 Å². The number of unbranched alkanes of at least 4 members (excludes halogenated alkanes) is 1. The zero-order valence-electron chi connectivity index (χ0n) is 36.2. The van der Waals surface area contributed by atoms with Crippen molar-refractivity contribution in [1.82, 2.24) is 14.7 Å². The number of carbonyl (C=O) groups excluding carboxylic acids is 3. The first-order chi connectivity index (χ1) is 31.4. The lowest BCUT2D eigenvalue weighted by molar-refractivity contribution is -0.143. The molecule has 4 aromatic rings. The van der Waals surface area contributed by atoms with Gasteiger partial charge in [0.15, 0.2) is 0 Å². The molecule has 2 atom stereocenters. The van der Waals surface area contributed by atoms with Gasteiger partial charge in [-0.3, -0.25) is 14.9 Å². The molecule has 3 amide bonds. The number of morpholine rings is 1. The second-order valence-electron chi connectivity index (χ2n) is 17.1. The molecule has 2 saturated heterocycles. The molecule has 1 N–H and O–H groups in total. The van der Waals surface area contributed by atoms with Crippen molar-refractivity contribution in [2.24, 2.45) is 0 Å². The summed E-state index contributed by atoms with van der Waals surface area (Å²) >= 11 is 12.7. The third kappa shape index (κ3) is 11.4. The summed E-state index contributed by atoms with van der Waals surface area (Å²) in [7, 11) is 1.72. The molecule has 0 saturated carbocycles. The van der Waals surface area contributed by atoms with Gasteiger partial charge in [0.1, 0.15) is 12.2 Å². The standard InChI is InChI=1S/C48H50Cl2F6N4O6/c1-58(18-7-8-23-64-44(63)57-37-10-3-2-4-11-37)42(61)30-65-41-27-32-9-5-6-12-38(32)45(41)15-19-59(20-16-45)21-17-46(34-13-14-39(49)40(50)29-34)31-60(22-24-66-46)43(62)33-25-35(47(51,52)53)28-36(26-33)48(54,55)56/h2-6,9-14,25-26,28-29,41H,7-8,15-24,27,30-31H2,1H3,(H,57,63)/t41-,46-/m0/s1. The molecule has 2 fully saturated rings. The molecule has 18 heteroatoms. The van der Waals surface area contributed by atoms with E-state index in [1.54, 1.807) is 42.3 Å². The monoisotopic (exact) mass is 962 g/mol. The van der Waals surface area contributed by atoms with Gasteiger partial charge in [0.25, 0.3) is 5.91 Å². The normalized spacial score (nSPS) is 19.7. The van der Waals surface area contributed by atoms with Gasteiger partial charge in [-0.1, -0.05) is 71.7 Å². The summed E-state index contributed by atoms with van der Waals surface area (Å²) in [6.45, 7) is 1.99. The van der Waals surface area contributed by atoms with Crippen LogP contribution in [0, 0.1) is 0 Å². The average molecular weight is 964 g/mol. The molecule has 0 aromatic heterocycles. The van der Waals surface area contributed by atoms with Crippen LogP contribution in [0.15, 0.2) is 91.0 Å². The van der Waals surface area contributed by atoms with Gasteiger partial charge in [-0.25, -0.2) is 4.79 Å². The lowest BCUT2D eigenvalue weighted by atomic mass is 9.72. The first kappa shape index (κ1) is 49.0. The number of rotatable bonds is 14. The summed E-state index contributed by atoms with van der Waals surface area (Å²) in [6.07, 6.45) is -7.50. The highest BCUT2D eigenvalue weighted by atomic mass is 35.5. The Labute approximate surface area is 389 Å². The lowest BCUT2D eigenvalue weighted by Gasteiger charge is -2.46. The highest BCUT2D eigenvalue weighted by Gasteiger charge is 2.50. The van der Waals surface area contributed by atoms with E-state index >= 15 is 0 Å². The van der Waals surface area contributed by atoms with Gasteiger partial charge >= 0.3 is 18.4 Å². The predicted molar refractivity (Wildman–Crippen MR) is 237 cm³/mol. The summed E-state index contributed by atoms with van der Waals surface area (Å²) in [6, 6.07) is 22.9. The first-order valence-electron chi connectivity index (χ1n) is 21.7. The number of ether oxygens (including phenoxy) is 3. The number of likely N-dealkylation sites (tertiary alicyclic amines) is 1. The van der Waals surface area contributed by atoms with Gasteiger partial charge in [0.05, 0.1) is 47.0 Å². The van der Waals surface area contributed by atoms with Gasteiger partial charge in [-0.05, 0) is 111 Å². The van der Waals surface area contributed by atoms with E-state index in [9.17, 15) is 40.7 Å². The minimum atomic E-state index is -5.12. The molecule has 0 bridgehead atoms. The number of nitrogens with zero attached hydrogens (tertiary/aromatic N) is 3. The molecule has 7 rings (SSSR count). The fourth-order valence-corrected chi connectivity index (χ4v) is 9.54. The number of nitrogens with one attached hydrogen (secondary N) is 1. The number of hydrogen-bond donors (Lipinski definition) is 1. The number of anilines is 1. The number of piperidine rings is 1. The maximum Gasteiger partial charge on any atom is 0.416 e. The largest absolute Gasteiger partial charge is 0.449 e. The van der Waals surface area contributed by atoms with E-state index in [0.29, 0.717) is 88.1 Å². The molecule has 354 valence electrons. The van der Waals surface area contributed by atoms with Gasteiger partial charge in [-0.15, -0.1) is 0 Å². The van der Waals surface area contributed by atoms with Crippen LogP contribution in [0.2, 0.25) is 10.0 Å². The Balaban J connectivity index is 0.984. The zero-order valence-corrected chi connectivity index (χ0v) is 37.7. The van der Waals surface area contributed by atoms with Crippen LogP contribution in [0.25, 0.3) is 0 Å². The Morgan fingerprint density at radius 1 is 0.848 bits per heavy atom. The van der Waals surface area contributed by atoms with Crippen LogP contribution in [0.1, 0.15) is 70.3 Å². The average Bonchev–Trinajstić information content (AvgIpc) is 3.59. The molecule has 0 radical (unpaired) electrons. The van der Waals surface area contributed by atoms with Gasteiger partial charge in [0.2, 0.25) is 5.91 Å². The van der Waals surface area contributed by atoms with Crippen molar-refractivity contribution in [2.75, 3.05) is 71.5 Å². The van der Waals surface area contributed by atoms with Crippen molar-refractivity contribution in [3.8, 4) is 0 Å². The Morgan fingerprint density at radius 2 is 1.53 bits per heavy atom. The maximum absolute atomic E-state index is 13.9. The van der Waals surface area contributed by atoms with Crippen molar-refractivity contribution in [1.29, 1.82) is 0 Å². The lowest BCUT2D eigenvalue weighted by Crippen LogP contribution is -2.54. The summed E-state index contributed by atoms with van der Waals surface area (Å²) in [4.78, 5) is 44.4. The van der Waals surface area contributed by atoms with Crippen LogP contribution in [0.5, 0.6) is 0 Å². The topological polar surface area (TPSA) is 101 Å². The molecule has 2 aliphatic heterocycles. The van der Waals surface area contributed by atoms with Crippen LogP contribution in [0.4, 0.5) is 36.8 Å². The first-order valence-corrected chi connectivity index (χ1v) is 22.5. The number of alkyl halides is 6. The number of benzene rings is 4. The minimum Gasteiger partial charge on any atom is -0.449 e. The van der Waals surface area contributed by atoms with Crippen molar-refractivity contribution in [2.45, 2.75) is 68.0 Å². The van der Waals surface area contributed by atoms with E-state index in [1.165, 1.54) is 10.5 Å². The summed E-state index contributed by atoms with van der Waals surface area (Å²) in [5.74, 6) is -1.16. The van der Waals surface area contributed by atoms with Gasteiger partial charge in [0, 0.05) is 43.3 Å². The third-order valence-electron chi connectivity index (χ3n) is 12.9. The number of hydrogen-bond acceptors (Lipinski definition) is 7. The molecule has 1 spiro atoms. The van der Waals surface area contributed by atoms with Crippen molar-refractivity contribution in [3.63, 3.8) is 0 Å². The number of fused-ring (bicyclic) bond motifs is 2. The second kappa shape index (κ2) is 20.6. The van der Waals surface area contributed by atoms with Crippen LogP contribution in [-0.2, 0) is 48.8 Å². The third-order valence-corrected chi connectivity index (χ3v) is 13.6. The molecule has 3 aliphatic rings. The zero-order chi connectivity index (χ0) is 47.3. The molecule has 66 heavy (non-hydrogen) atoms. The summed E-state index contributed by atoms with van der Waals surface area (Å²) in [5, 5.41) is 3.14. The van der Waals surface area contributed by atoms with E-state index < -0.39 is 46.6 Å². The molecule has 0 unspecified atom stereocenters. The van der Waals surface area contributed by atoms with E-state index in [2.05, 4.69) is 22.3 Å². The van der Waals surface area contributed by atoms with Crippen LogP contribution >= 0.6 is 23.2 Å². The van der Waals surface area contributed by atoms with Crippen molar-refractivity contribution >= 4 is 46.8 Å². The smallest absolute Gasteiger partial charge is 0.416 e. The van der Waals surface area contributed by atoms with E-state index in [1.807, 2.05) is 30.3 Å². The fraction of sp³-hybridized carbons (Fsp3) is 0.438. The maximum atomic E-state index is 13.9. The highest BCUT2D eigenvalue weighted by molar-refractivity contribution is 6.42. The Kier molecular flexibility index (Phi) is 15.3. The van der Waals surface area contributed by atoms with Gasteiger partial charge in [-0.2, -0.15) is 26.3 Å². The molecule has 4 aromatic carbocycles. The summed E-state index contributed by atoms with van der Waals surface area (Å²) in [5.41, 5.74) is -1.97.